The topological polar surface area (TPSA) is 72.9 Å². The van der Waals surface area contributed by atoms with Crippen molar-refractivity contribution < 1.29 is 35.9 Å². The van der Waals surface area contributed by atoms with Crippen molar-refractivity contribution >= 4 is 15.8 Å². The van der Waals surface area contributed by atoms with Gasteiger partial charge in [0.2, 0.25) is 10.0 Å². The zero-order valence-electron chi connectivity index (χ0n) is 16.1. The van der Waals surface area contributed by atoms with E-state index in [1.165, 1.54) is 4.31 Å². The lowest BCUT2D eigenvalue weighted by Gasteiger charge is -2.31. The molecule has 1 heterocycles. The number of piperidine rings is 1. The van der Waals surface area contributed by atoms with Crippen LogP contribution in [0.2, 0.25) is 0 Å². The number of hydrogen-bond acceptors (Lipinski definition) is 5. The summed E-state index contributed by atoms with van der Waals surface area (Å²) in [6.07, 6.45) is -1.44. The molecule has 2 fully saturated rings. The molecule has 1 aromatic carbocycles. The lowest BCUT2D eigenvalue weighted by molar-refractivity contribution is -0.274. The van der Waals surface area contributed by atoms with E-state index in [1.54, 1.807) is 0 Å². The number of Topliss-reactive ketones (excluding diaryl/α,β-unsaturated/α-hetero) is 1. The third-order valence-electron chi connectivity index (χ3n) is 5.30. The molecule has 6 nitrogen and oxygen atoms in total. The average molecular weight is 435 g/mol. The molecule has 1 saturated carbocycles. The number of ketones is 1. The highest BCUT2D eigenvalue weighted by atomic mass is 32.2. The van der Waals surface area contributed by atoms with E-state index in [-0.39, 0.29) is 41.9 Å². The summed E-state index contributed by atoms with van der Waals surface area (Å²) in [7, 11) is -3.82. The molecule has 1 aliphatic heterocycles. The van der Waals surface area contributed by atoms with E-state index < -0.39 is 22.1 Å². The van der Waals surface area contributed by atoms with Gasteiger partial charge >= 0.3 is 6.36 Å². The number of alkyl halides is 3. The molecular formula is C19H24F3NO5S. The number of carbonyl (C=O) groups is 1. The number of benzene rings is 1. The third-order valence-corrected chi connectivity index (χ3v) is 7.22. The monoisotopic (exact) mass is 435 g/mol. The van der Waals surface area contributed by atoms with Gasteiger partial charge in [0.05, 0.1) is 11.0 Å². The van der Waals surface area contributed by atoms with Crippen LogP contribution in [0.15, 0.2) is 29.2 Å². The number of halogens is 3. The highest BCUT2D eigenvalue weighted by Gasteiger charge is 2.39. The van der Waals surface area contributed by atoms with Crippen LogP contribution in [-0.2, 0) is 19.6 Å². The SMILES string of the molecule is CC1(CC(=O)COC2CCN(S(=O)(=O)c3ccc(OC(F)(F)F)cc3)CC2)CC1. The molecule has 0 atom stereocenters. The normalized spacial score (nSPS) is 20.4. The van der Waals surface area contributed by atoms with Gasteiger partial charge in [-0.1, -0.05) is 6.92 Å². The zero-order valence-corrected chi connectivity index (χ0v) is 16.9. The summed E-state index contributed by atoms with van der Waals surface area (Å²) in [6, 6.07) is 4.14. The highest BCUT2D eigenvalue weighted by molar-refractivity contribution is 7.89. The van der Waals surface area contributed by atoms with Crippen molar-refractivity contribution in [1.29, 1.82) is 0 Å². The maximum atomic E-state index is 12.7. The summed E-state index contributed by atoms with van der Waals surface area (Å²) in [6.45, 7) is 2.57. The highest BCUT2D eigenvalue weighted by Crippen LogP contribution is 2.48. The number of nitrogens with zero attached hydrogens (tertiary/aromatic N) is 1. The van der Waals surface area contributed by atoms with E-state index in [0.29, 0.717) is 19.3 Å². The molecule has 0 aromatic heterocycles. The first-order valence-electron chi connectivity index (χ1n) is 9.46. The fourth-order valence-electron chi connectivity index (χ4n) is 3.33. The van der Waals surface area contributed by atoms with Crippen molar-refractivity contribution in [2.45, 2.75) is 56.4 Å². The van der Waals surface area contributed by atoms with Crippen LogP contribution in [0.3, 0.4) is 0 Å². The summed E-state index contributed by atoms with van der Waals surface area (Å²) in [4.78, 5) is 11.9. The van der Waals surface area contributed by atoms with Gasteiger partial charge in [0.1, 0.15) is 12.4 Å². The molecule has 0 radical (unpaired) electrons. The number of rotatable bonds is 8. The fraction of sp³-hybridized carbons (Fsp3) is 0.632. The van der Waals surface area contributed by atoms with E-state index in [0.717, 1.165) is 37.1 Å². The Balaban J connectivity index is 1.49. The molecule has 1 saturated heterocycles. The first-order chi connectivity index (χ1) is 13.5. The van der Waals surface area contributed by atoms with Crippen LogP contribution in [-0.4, -0.2) is 50.7 Å². The average Bonchev–Trinajstić information content (AvgIpc) is 3.36. The fourth-order valence-corrected chi connectivity index (χ4v) is 4.80. The van der Waals surface area contributed by atoms with Crippen LogP contribution in [0.1, 0.15) is 39.0 Å². The molecule has 10 heteroatoms. The maximum absolute atomic E-state index is 12.7. The van der Waals surface area contributed by atoms with E-state index >= 15 is 0 Å². The number of carbonyl (C=O) groups excluding carboxylic acids is 1. The van der Waals surface area contributed by atoms with Crippen LogP contribution in [0.25, 0.3) is 0 Å². The second kappa shape index (κ2) is 8.23. The molecule has 2 aliphatic rings. The van der Waals surface area contributed by atoms with Crippen LogP contribution < -0.4 is 4.74 Å². The minimum absolute atomic E-state index is 0.0493. The summed E-state index contributed by atoms with van der Waals surface area (Å²) >= 11 is 0. The third kappa shape index (κ3) is 6.16. The van der Waals surface area contributed by atoms with Gasteiger partial charge in [0.15, 0.2) is 5.78 Å². The molecule has 0 N–H and O–H groups in total. The van der Waals surface area contributed by atoms with Gasteiger partial charge in [0, 0.05) is 19.5 Å². The molecule has 1 aromatic rings. The largest absolute Gasteiger partial charge is 0.573 e. The number of ether oxygens (including phenoxy) is 2. The smallest absolute Gasteiger partial charge is 0.406 e. The van der Waals surface area contributed by atoms with E-state index in [4.69, 9.17) is 4.74 Å². The van der Waals surface area contributed by atoms with Gasteiger partial charge in [-0.3, -0.25) is 4.79 Å². The summed E-state index contributed by atoms with van der Waals surface area (Å²) in [5, 5.41) is 0. The van der Waals surface area contributed by atoms with Crippen LogP contribution in [0.5, 0.6) is 5.75 Å². The Bertz CT molecular complexity index is 826. The van der Waals surface area contributed by atoms with E-state index in [2.05, 4.69) is 11.7 Å². The number of hydrogen-bond donors (Lipinski definition) is 0. The quantitative estimate of drug-likeness (QED) is 0.625. The molecule has 3 rings (SSSR count). The Morgan fingerprint density at radius 2 is 1.76 bits per heavy atom. The summed E-state index contributed by atoms with van der Waals surface area (Å²) < 4.78 is 72.7. The Kier molecular flexibility index (Phi) is 6.26. The van der Waals surface area contributed by atoms with Crippen molar-refractivity contribution in [3.8, 4) is 5.75 Å². The van der Waals surface area contributed by atoms with Crippen LogP contribution >= 0.6 is 0 Å². The number of sulfonamides is 1. The Morgan fingerprint density at radius 1 is 1.17 bits per heavy atom. The zero-order chi connectivity index (χ0) is 21.3. The van der Waals surface area contributed by atoms with Crippen molar-refractivity contribution in [3.05, 3.63) is 24.3 Å². The standard InChI is InChI=1S/C19H24F3NO5S/c1-18(8-9-18)12-14(24)13-27-15-6-10-23(11-7-15)29(25,26)17-4-2-16(3-5-17)28-19(20,21)22/h2-5,15H,6-13H2,1H3. The van der Waals surface area contributed by atoms with Crippen molar-refractivity contribution in [2.75, 3.05) is 19.7 Å². The summed E-state index contributed by atoms with van der Waals surface area (Å²) in [5.74, 6) is -0.408. The van der Waals surface area contributed by atoms with Gasteiger partial charge < -0.3 is 9.47 Å². The lowest BCUT2D eigenvalue weighted by atomic mass is 10.0. The van der Waals surface area contributed by atoms with Gasteiger partial charge in [-0.2, -0.15) is 4.31 Å². The van der Waals surface area contributed by atoms with Crippen LogP contribution in [0, 0.1) is 5.41 Å². The predicted octanol–water partition coefficient (Wildman–Crippen LogP) is 3.51. The molecule has 0 bridgehead atoms. The second-order valence-corrected chi connectivity index (χ2v) is 9.90. The molecule has 0 spiro atoms. The first-order valence-corrected chi connectivity index (χ1v) is 10.9. The predicted molar refractivity (Wildman–Crippen MR) is 97.8 cm³/mol. The second-order valence-electron chi connectivity index (χ2n) is 7.96. The van der Waals surface area contributed by atoms with E-state index in [9.17, 15) is 26.4 Å². The molecule has 0 amide bonds. The Morgan fingerprint density at radius 3 is 2.28 bits per heavy atom. The summed E-state index contributed by atoms with van der Waals surface area (Å²) in [5.41, 5.74) is 0.137. The lowest BCUT2D eigenvalue weighted by Crippen LogP contribution is -2.41. The van der Waals surface area contributed by atoms with Crippen molar-refractivity contribution in [1.82, 2.24) is 4.31 Å². The first kappa shape index (κ1) is 22.0. The Labute approximate surface area is 168 Å². The van der Waals surface area contributed by atoms with Gasteiger partial charge in [0.25, 0.3) is 0 Å². The van der Waals surface area contributed by atoms with Gasteiger partial charge in [-0.05, 0) is 55.4 Å². The Hall–Kier alpha value is -1.65. The molecule has 162 valence electrons. The molecule has 1 aliphatic carbocycles. The molecular weight excluding hydrogens is 411 g/mol. The van der Waals surface area contributed by atoms with Crippen LogP contribution in [0.4, 0.5) is 13.2 Å². The van der Waals surface area contributed by atoms with Gasteiger partial charge in [-0.15, -0.1) is 13.2 Å². The molecule has 29 heavy (non-hydrogen) atoms. The minimum Gasteiger partial charge on any atom is -0.406 e. The van der Waals surface area contributed by atoms with E-state index in [1.807, 2.05) is 0 Å². The molecule has 0 unspecified atom stereocenters. The van der Waals surface area contributed by atoms with Crippen molar-refractivity contribution in [2.24, 2.45) is 5.41 Å². The van der Waals surface area contributed by atoms with Crippen molar-refractivity contribution in [3.63, 3.8) is 0 Å². The van der Waals surface area contributed by atoms with Gasteiger partial charge in [-0.25, -0.2) is 8.42 Å². The minimum atomic E-state index is -4.83. The maximum Gasteiger partial charge on any atom is 0.573 e.